The summed E-state index contributed by atoms with van der Waals surface area (Å²) in [5.74, 6) is -4.29. The summed E-state index contributed by atoms with van der Waals surface area (Å²) in [4.78, 5) is 10.4. The van der Waals surface area contributed by atoms with Gasteiger partial charge in [0, 0.05) is 0 Å². The molecule has 0 radical (unpaired) electrons. The van der Waals surface area contributed by atoms with Crippen LogP contribution in [0.4, 0.5) is 0 Å². The van der Waals surface area contributed by atoms with E-state index < -0.39 is 33.8 Å². The third-order valence-corrected chi connectivity index (χ3v) is 2.97. The normalized spacial score (nSPS) is 9.86. The number of carbonyl (C=O) groups is 1. The van der Waals surface area contributed by atoms with Crippen LogP contribution < -0.4 is 9.67 Å². The molecule has 2 rings (SSSR count). The molecule has 0 aliphatic heterocycles. The number of benzene rings is 1. The van der Waals surface area contributed by atoms with Crippen molar-refractivity contribution in [2.24, 2.45) is 7.05 Å². The number of aromatic hydroxyl groups is 2. The zero-order valence-electron chi connectivity index (χ0n) is 11.4. The minimum absolute atomic E-state index is 0.540. The molecule has 2 aromatic rings. The van der Waals surface area contributed by atoms with Crippen LogP contribution in [-0.4, -0.2) is 25.9 Å². The first-order valence-corrected chi connectivity index (χ1v) is 6.31. The van der Waals surface area contributed by atoms with Gasteiger partial charge in [0.25, 0.3) is 0 Å². The first kappa shape index (κ1) is 16.6. The largest absolute Gasteiger partial charge is 0.869 e. The molecule has 0 spiro atoms. The minimum atomic E-state index is -1.45. The highest BCUT2D eigenvalue weighted by atomic mass is 35.5. The molecule has 0 bridgehead atoms. The van der Waals surface area contributed by atoms with Gasteiger partial charge in [0.05, 0.1) is 24.2 Å². The van der Waals surface area contributed by atoms with Crippen LogP contribution in [0.5, 0.6) is 17.2 Å². The van der Waals surface area contributed by atoms with Crippen LogP contribution in [0.25, 0.3) is 0 Å². The van der Waals surface area contributed by atoms with Crippen LogP contribution in [0.1, 0.15) is 17.3 Å². The van der Waals surface area contributed by atoms with Crippen molar-refractivity contribution in [3.63, 3.8) is 0 Å². The Labute approximate surface area is 125 Å². The second-order valence-corrected chi connectivity index (χ2v) is 4.53. The van der Waals surface area contributed by atoms with Crippen molar-refractivity contribution in [2.45, 2.75) is 13.5 Å². The molecular formula is C13H15ClN2O5. The van der Waals surface area contributed by atoms with Gasteiger partial charge in [0.1, 0.15) is 12.4 Å². The molecule has 114 valence electrons. The lowest BCUT2D eigenvalue weighted by atomic mass is 10.2. The van der Waals surface area contributed by atoms with Gasteiger partial charge in [-0.3, -0.25) is 0 Å². The van der Waals surface area contributed by atoms with E-state index >= 15 is 0 Å². The Bertz CT molecular complexity index is 654. The third kappa shape index (κ3) is 4.03. The van der Waals surface area contributed by atoms with E-state index in [1.165, 1.54) is 0 Å². The number of phenols is 2. The Balaban J connectivity index is 0.000000235. The molecule has 3 N–H and O–H groups in total. The van der Waals surface area contributed by atoms with Crippen molar-refractivity contribution < 1.29 is 29.8 Å². The van der Waals surface area contributed by atoms with Crippen molar-refractivity contribution in [3.05, 3.63) is 35.4 Å². The van der Waals surface area contributed by atoms with Gasteiger partial charge in [0.15, 0.2) is 11.5 Å². The Morgan fingerprint density at radius 1 is 1.48 bits per heavy atom. The molecule has 0 amide bonds. The number of carboxylic acids is 1. The quantitative estimate of drug-likeness (QED) is 0.562. The number of phenolic OH excluding ortho intramolecular Hbond substituents is 2. The zero-order valence-corrected chi connectivity index (χ0v) is 12.2. The number of carboxylic acid groups (broad SMARTS) is 1. The van der Waals surface area contributed by atoms with Gasteiger partial charge in [-0.05, 0) is 18.7 Å². The lowest BCUT2D eigenvalue weighted by Crippen LogP contribution is -2.23. The smallest absolute Gasteiger partial charge is 0.337 e. The fourth-order valence-corrected chi connectivity index (χ4v) is 1.68. The molecule has 0 aliphatic rings. The predicted molar refractivity (Wildman–Crippen MR) is 72.5 cm³/mol. The molecule has 0 unspecified atom stereocenters. The zero-order chi connectivity index (χ0) is 16.2. The van der Waals surface area contributed by atoms with Crippen molar-refractivity contribution in [1.82, 2.24) is 4.57 Å². The second kappa shape index (κ2) is 6.85. The van der Waals surface area contributed by atoms with Crippen LogP contribution in [0.2, 0.25) is 5.02 Å². The molecule has 0 saturated heterocycles. The molecule has 1 aromatic carbocycles. The molecule has 0 atom stereocenters. The first-order valence-electron chi connectivity index (χ1n) is 5.93. The number of hydrogen-bond donors (Lipinski definition) is 3. The van der Waals surface area contributed by atoms with Crippen LogP contribution in [0.3, 0.4) is 0 Å². The lowest BCUT2D eigenvalue weighted by molar-refractivity contribution is -0.671. The van der Waals surface area contributed by atoms with E-state index in [1.54, 1.807) is 0 Å². The maximum absolute atomic E-state index is 10.9. The van der Waals surface area contributed by atoms with Gasteiger partial charge in [-0.2, -0.15) is 0 Å². The molecule has 0 fully saturated rings. The monoisotopic (exact) mass is 314 g/mol. The summed E-state index contributed by atoms with van der Waals surface area (Å²) >= 11 is 5.30. The van der Waals surface area contributed by atoms with E-state index in [0.29, 0.717) is 6.07 Å². The summed E-state index contributed by atoms with van der Waals surface area (Å²) in [5, 5.41) is 36.5. The van der Waals surface area contributed by atoms with Crippen molar-refractivity contribution in [1.29, 1.82) is 0 Å². The molecule has 1 heterocycles. The van der Waals surface area contributed by atoms with Gasteiger partial charge >= 0.3 is 5.97 Å². The highest BCUT2D eigenvalue weighted by molar-refractivity contribution is 6.35. The standard InChI is InChI=1S/C7H5ClO5.C6H11N2/c8-4-2(7(12)13)1-3(9)5(10)6(4)11;1-3-8-5-4-7(2)6-8/h1,9-11H,(H,12,13);4-6H,3H2,1-2H3/q;+1/p-1. The van der Waals surface area contributed by atoms with E-state index in [2.05, 4.69) is 24.0 Å². The SMILES string of the molecule is CCn1cc[n+](C)c1.O=C(O)c1cc(O)c(O)c([O-])c1Cl. The Morgan fingerprint density at radius 3 is 2.48 bits per heavy atom. The summed E-state index contributed by atoms with van der Waals surface area (Å²) in [6.07, 6.45) is 6.14. The van der Waals surface area contributed by atoms with Crippen LogP contribution in [-0.2, 0) is 13.6 Å². The first-order chi connectivity index (χ1) is 9.77. The van der Waals surface area contributed by atoms with Crippen molar-refractivity contribution in [2.75, 3.05) is 0 Å². The highest BCUT2D eigenvalue weighted by Crippen LogP contribution is 2.40. The summed E-state index contributed by atoms with van der Waals surface area (Å²) in [6.45, 7) is 3.18. The number of hydrogen-bond acceptors (Lipinski definition) is 4. The van der Waals surface area contributed by atoms with E-state index in [1.807, 2.05) is 17.8 Å². The van der Waals surface area contributed by atoms with E-state index in [9.17, 15) is 9.90 Å². The number of aryl methyl sites for hydroxylation is 2. The predicted octanol–water partition coefficient (Wildman–Crippen LogP) is 0.855. The van der Waals surface area contributed by atoms with Crippen LogP contribution in [0.15, 0.2) is 24.8 Å². The number of imidazole rings is 1. The Kier molecular flexibility index (Phi) is 5.43. The topological polar surface area (TPSA) is 110 Å². The lowest BCUT2D eigenvalue weighted by Gasteiger charge is -2.13. The molecular weight excluding hydrogens is 300 g/mol. The van der Waals surface area contributed by atoms with E-state index in [-0.39, 0.29) is 0 Å². The maximum atomic E-state index is 10.9. The second-order valence-electron chi connectivity index (χ2n) is 4.15. The number of rotatable bonds is 2. The third-order valence-electron chi connectivity index (χ3n) is 2.59. The van der Waals surface area contributed by atoms with Gasteiger partial charge in [-0.25, -0.2) is 13.9 Å². The summed E-state index contributed by atoms with van der Waals surface area (Å²) < 4.78 is 4.16. The molecule has 8 heteroatoms. The van der Waals surface area contributed by atoms with Crippen LogP contribution in [0, 0.1) is 0 Å². The number of halogens is 1. The van der Waals surface area contributed by atoms with E-state index in [4.69, 9.17) is 26.9 Å². The van der Waals surface area contributed by atoms with Crippen molar-refractivity contribution in [3.8, 4) is 17.2 Å². The molecule has 7 nitrogen and oxygen atoms in total. The Hall–Kier alpha value is -2.41. The molecule has 0 saturated carbocycles. The van der Waals surface area contributed by atoms with Gasteiger partial charge in [0.2, 0.25) is 6.33 Å². The average Bonchev–Trinajstić information content (AvgIpc) is 2.86. The molecule has 21 heavy (non-hydrogen) atoms. The summed E-state index contributed by atoms with van der Waals surface area (Å²) in [5.41, 5.74) is -0.540. The van der Waals surface area contributed by atoms with Gasteiger partial charge < -0.3 is 20.4 Å². The van der Waals surface area contributed by atoms with Gasteiger partial charge in [-0.15, -0.1) is 0 Å². The fourth-order valence-electron chi connectivity index (χ4n) is 1.46. The number of nitrogens with zero attached hydrogens (tertiary/aromatic N) is 2. The maximum Gasteiger partial charge on any atom is 0.337 e. The summed E-state index contributed by atoms with van der Waals surface area (Å²) in [7, 11) is 2.02. The molecule has 0 aliphatic carbocycles. The number of aromatic nitrogens is 2. The minimum Gasteiger partial charge on any atom is -0.869 e. The Morgan fingerprint density at radius 2 is 2.10 bits per heavy atom. The van der Waals surface area contributed by atoms with Crippen molar-refractivity contribution >= 4 is 17.6 Å². The van der Waals surface area contributed by atoms with E-state index in [0.717, 1.165) is 6.54 Å². The average molecular weight is 315 g/mol. The van der Waals surface area contributed by atoms with Gasteiger partial charge in [-0.1, -0.05) is 11.6 Å². The highest BCUT2D eigenvalue weighted by Gasteiger charge is 2.14. The number of aromatic carboxylic acids is 1. The molecule has 1 aromatic heterocycles. The summed E-state index contributed by atoms with van der Waals surface area (Å²) in [6, 6.07) is 0.710. The fraction of sp³-hybridized carbons (Fsp3) is 0.231. The van der Waals surface area contributed by atoms with Crippen LogP contribution >= 0.6 is 11.6 Å².